The molecule has 0 bridgehead atoms. The zero-order valence-electron chi connectivity index (χ0n) is 14.1. The fraction of sp³-hybridized carbons (Fsp3) is 0.105. The van der Waals surface area contributed by atoms with Crippen molar-refractivity contribution in [3.05, 3.63) is 71.7 Å². The fourth-order valence-corrected chi connectivity index (χ4v) is 3.40. The van der Waals surface area contributed by atoms with Gasteiger partial charge >= 0.3 is 0 Å². The Morgan fingerprint density at radius 2 is 2.04 bits per heavy atom. The van der Waals surface area contributed by atoms with Crippen LogP contribution >= 0.6 is 11.3 Å². The number of imidazole rings is 1. The van der Waals surface area contributed by atoms with Crippen LogP contribution in [0.3, 0.4) is 0 Å². The quantitative estimate of drug-likeness (QED) is 0.571. The van der Waals surface area contributed by atoms with Crippen molar-refractivity contribution in [1.29, 1.82) is 0 Å². The van der Waals surface area contributed by atoms with Gasteiger partial charge in [0.1, 0.15) is 11.6 Å². The summed E-state index contributed by atoms with van der Waals surface area (Å²) in [6.07, 6.45) is 5.39. The molecule has 0 atom stereocenters. The summed E-state index contributed by atoms with van der Waals surface area (Å²) in [6, 6.07) is 10.7. The van der Waals surface area contributed by atoms with Crippen LogP contribution in [0.5, 0.6) is 0 Å². The predicted octanol–water partition coefficient (Wildman–Crippen LogP) is 4.36. The van der Waals surface area contributed by atoms with E-state index in [0.717, 1.165) is 22.0 Å². The Labute approximate surface area is 154 Å². The highest BCUT2D eigenvalue weighted by molar-refractivity contribution is 7.13. The summed E-state index contributed by atoms with van der Waals surface area (Å²) in [6.45, 7) is 0.318. The Bertz CT molecular complexity index is 1030. The van der Waals surface area contributed by atoms with E-state index in [-0.39, 0.29) is 5.82 Å². The normalized spacial score (nSPS) is 10.8. The molecule has 26 heavy (non-hydrogen) atoms. The van der Waals surface area contributed by atoms with Crippen LogP contribution < -0.4 is 5.32 Å². The lowest BCUT2D eigenvalue weighted by molar-refractivity contribution is 0.612. The Balaban J connectivity index is 1.69. The summed E-state index contributed by atoms with van der Waals surface area (Å²) in [4.78, 5) is 14.5. The van der Waals surface area contributed by atoms with Gasteiger partial charge in [-0.1, -0.05) is 24.3 Å². The zero-order valence-corrected chi connectivity index (χ0v) is 14.9. The molecule has 3 heterocycles. The minimum atomic E-state index is -0.247. The van der Waals surface area contributed by atoms with Gasteiger partial charge in [0.15, 0.2) is 0 Å². The largest absolute Gasteiger partial charge is 0.350 e. The average molecular weight is 365 g/mol. The number of halogens is 1. The molecule has 0 saturated carbocycles. The number of nitrogens with one attached hydrogen (secondary N) is 1. The molecule has 0 saturated heterocycles. The van der Waals surface area contributed by atoms with E-state index in [2.05, 4.69) is 20.3 Å². The highest BCUT2D eigenvalue weighted by Crippen LogP contribution is 2.32. The van der Waals surface area contributed by atoms with Crippen LogP contribution in [0.4, 0.5) is 10.3 Å². The summed E-state index contributed by atoms with van der Waals surface area (Å²) >= 11 is 1.60. The standard InChI is InChI=1S/C19H16FN5S/c1-25-9-8-21-18(25)14-12-23-19(24-17(14)16-7-4-10-26-16)22-11-13-5-2-3-6-15(13)20/h2-10,12H,11H2,1H3,(H,22,23,24). The maximum Gasteiger partial charge on any atom is 0.223 e. The van der Waals surface area contributed by atoms with Gasteiger partial charge in [-0.05, 0) is 17.5 Å². The number of nitrogens with zero attached hydrogens (tertiary/aromatic N) is 4. The minimum absolute atomic E-state index is 0.247. The first kappa shape index (κ1) is 16.4. The number of anilines is 1. The SMILES string of the molecule is Cn1ccnc1-c1cnc(NCc2ccccc2F)nc1-c1cccs1. The Morgan fingerprint density at radius 1 is 1.15 bits per heavy atom. The van der Waals surface area contributed by atoms with Crippen molar-refractivity contribution in [3.63, 3.8) is 0 Å². The average Bonchev–Trinajstić information content (AvgIpc) is 3.33. The first-order valence-electron chi connectivity index (χ1n) is 8.08. The Morgan fingerprint density at radius 3 is 2.77 bits per heavy atom. The second kappa shape index (κ2) is 7.05. The highest BCUT2D eigenvalue weighted by atomic mass is 32.1. The molecule has 0 aliphatic heterocycles. The van der Waals surface area contributed by atoms with Gasteiger partial charge in [0.2, 0.25) is 5.95 Å². The van der Waals surface area contributed by atoms with Crippen molar-refractivity contribution in [2.24, 2.45) is 7.05 Å². The molecule has 5 nitrogen and oxygen atoms in total. The smallest absolute Gasteiger partial charge is 0.223 e. The van der Waals surface area contributed by atoms with E-state index >= 15 is 0 Å². The van der Waals surface area contributed by atoms with Crippen molar-refractivity contribution in [3.8, 4) is 22.0 Å². The molecule has 0 aliphatic carbocycles. The van der Waals surface area contributed by atoms with Crippen LogP contribution in [0.2, 0.25) is 0 Å². The van der Waals surface area contributed by atoms with Gasteiger partial charge in [-0.3, -0.25) is 0 Å². The first-order valence-corrected chi connectivity index (χ1v) is 8.96. The van der Waals surface area contributed by atoms with Crippen molar-refractivity contribution in [2.45, 2.75) is 6.54 Å². The molecule has 1 N–H and O–H groups in total. The number of hydrogen-bond acceptors (Lipinski definition) is 5. The molecule has 4 rings (SSSR count). The van der Waals surface area contributed by atoms with Crippen molar-refractivity contribution in [1.82, 2.24) is 19.5 Å². The van der Waals surface area contributed by atoms with Crippen LogP contribution in [0.25, 0.3) is 22.0 Å². The third kappa shape index (κ3) is 3.21. The van der Waals surface area contributed by atoms with Gasteiger partial charge in [0.25, 0.3) is 0 Å². The molecule has 1 aromatic carbocycles. The fourth-order valence-electron chi connectivity index (χ4n) is 2.67. The molecular formula is C19H16FN5S. The van der Waals surface area contributed by atoms with E-state index in [1.807, 2.05) is 41.4 Å². The van der Waals surface area contributed by atoms with Crippen molar-refractivity contribution >= 4 is 17.3 Å². The van der Waals surface area contributed by atoms with E-state index in [9.17, 15) is 4.39 Å². The van der Waals surface area contributed by atoms with E-state index in [1.54, 1.807) is 35.9 Å². The molecule has 0 unspecified atom stereocenters. The van der Waals surface area contributed by atoms with Crippen molar-refractivity contribution in [2.75, 3.05) is 5.32 Å². The number of aryl methyl sites for hydroxylation is 1. The summed E-state index contributed by atoms with van der Waals surface area (Å²) in [7, 11) is 1.94. The molecule has 0 spiro atoms. The second-order valence-corrected chi connectivity index (χ2v) is 6.69. The summed E-state index contributed by atoms with van der Waals surface area (Å²) in [5.41, 5.74) is 2.23. The monoisotopic (exact) mass is 365 g/mol. The first-order chi connectivity index (χ1) is 12.7. The van der Waals surface area contributed by atoms with E-state index < -0.39 is 0 Å². The molecule has 3 aromatic heterocycles. The van der Waals surface area contributed by atoms with Gasteiger partial charge in [0.05, 0.1) is 16.1 Å². The van der Waals surface area contributed by atoms with E-state index in [0.29, 0.717) is 18.1 Å². The highest BCUT2D eigenvalue weighted by Gasteiger charge is 2.15. The number of thiophene rings is 1. The molecule has 7 heteroatoms. The summed E-state index contributed by atoms with van der Waals surface area (Å²) in [5, 5.41) is 5.11. The lowest BCUT2D eigenvalue weighted by Gasteiger charge is -2.11. The third-order valence-electron chi connectivity index (χ3n) is 4.00. The molecule has 0 amide bonds. The molecule has 130 valence electrons. The van der Waals surface area contributed by atoms with E-state index in [4.69, 9.17) is 0 Å². The van der Waals surface area contributed by atoms with Gasteiger partial charge in [-0.2, -0.15) is 0 Å². The van der Waals surface area contributed by atoms with Crippen LogP contribution in [0, 0.1) is 5.82 Å². The lowest BCUT2D eigenvalue weighted by Crippen LogP contribution is -2.06. The topological polar surface area (TPSA) is 55.6 Å². The minimum Gasteiger partial charge on any atom is -0.350 e. The Hall–Kier alpha value is -3.06. The number of rotatable bonds is 5. The van der Waals surface area contributed by atoms with Crippen LogP contribution in [-0.2, 0) is 13.6 Å². The third-order valence-corrected chi connectivity index (χ3v) is 4.88. The van der Waals surface area contributed by atoms with Gasteiger partial charge in [-0.25, -0.2) is 19.3 Å². The van der Waals surface area contributed by atoms with Gasteiger partial charge in [-0.15, -0.1) is 11.3 Å². The zero-order chi connectivity index (χ0) is 17.9. The van der Waals surface area contributed by atoms with Gasteiger partial charge in [0, 0.05) is 37.7 Å². The molecule has 0 radical (unpaired) electrons. The maximum atomic E-state index is 13.8. The van der Waals surface area contributed by atoms with E-state index in [1.165, 1.54) is 6.07 Å². The van der Waals surface area contributed by atoms with Gasteiger partial charge < -0.3 is 9.88 Å². The molecule has 0 aliphatic rings. The second-order valence-electron chi connectivity index (χ2n) is 5.74. The van der Waals surface area contributed by atoms with Crippen LogP contribution in [0.15, 0.2) is 60.4 Å². The van der Waals surface area contributed by atoms with Crippen LogP contribution in [0.1, 0.15) is 5.56 Å². The number of aromatic nitrogens is 4. The predicted molar refractivity (Wildman–Crippen MR) is 101 cm³/mol. The number of benzene rings is 1. The Kier molecular flexibility index (Phi) is 4.45. The lowest BCUT2D eigenvalue weighted by atomic mass is 10.2. The summed E-state index contributed by atoms with van der Waals surface area (Å²) < 4.78 is 15.7. The molecule has 4 aromatic rings. The summed E-state index contributed by atoms with van der Waals surface area (Å²) in [5.74, 6) is 1.01. The maximum absolute atomic E-state index is 13.8. The number of hydrogen-bond donors (Lipinski definition) is 1. The van der Waals surface area contributed by atoms with Crippen LogP contribution in [-0.4, -0.2) is 19.5 Å². The van der Waals surface area contributed by atoms with Crippen molar-refractivity contribution < 1.29 is 4.39 Å². The molecular weight excluding hydrogens is 349 g/mol. The molecule has 0 fully saturated rings.